The Bertz CT molecular complexity index is 969. The normalized spacial score (nSPS) is 19.0. The number of nitrogens with one attached hydrogen (secondary N) is 1. The van der Waals surface area contributed by atoms with Gasteiger partial charge >= 0.3 is 0 Å². The molecule has 150 valence electrons. The number of nitrogens with zero attached hydrogens (tertiary/aromatic N) is 5. The minimum atomic E-state index is -0.0180. The summed E-state index contributed by atoms with van der Waals surface area (Å²) in [4.78, 5) is 13.4. The van der Waals surface area contributed by atoms with Crippen molar-refractivity contribution in [1.82, 2.24) is 29.7 Å². The minimum Gasteiger partial charge on any atom is -0.352 e. The van der Waals surface area contributed by atoms with Crippen LogP contribution in [0.3, 0.4) is 0 Å². The van der Waals surface area contributed by atoms with Crippen LogP contribution in [0.4, 0.5) is 0 Å². The van der Waals surface area contributed by atoms with Crippen molar-refractivity contribution < 1.29 is 0 Å². The van der Waals surface area contributed by atoms with Gasteiger partial charge in [-0.2, -0.15) is 0 Å². The van der Waals surface area contributed by atoms with Crippen LogP contribution in [-0.2, 0) is 0 Å². The fourth-order valence-corrected chi connectivity index (χ4v) is 4.24. The molecule has 3 aromatic rings. The summed E-state index contributed by atoms with van der Waals surface area (Å²) in [5.41, 5.74) is 4.38. The summed E-state index contributed by atoms with van der Waals surface area (Å²) in [7, 11) is 4.17. The largest absolute Gasteiger partial charge is 0.352 e. The Balaban J connectivity index is 1.81. The van der Waals surface area contributed by atoms with Crippen molar-refractivity contribution in [3.63, 3.8) is 0 Å². The van der Waals surface area contributed by atoms with Gasteiger partial charge in [-0.3, -0.25) is 9.97 Å². The van der Waals surface area contributed by atoms with Crippen molar-refractivity contribution in [1.29, 1.82) is 0 Å². The maximum atomic E-state index is 5.76. The maximum Gasteiger partial charge on any atom is 0.170 e. The molecule has 4 heterocycles. The molecule has 0 aliphatic carbocycles. The van der Waals surface area contributed by atoms with Gasteiger partial charge in [0.25, 0.3) is 0 Å². The SMILES string of the molecule is Cc1ccc([C@@H]2[C@H](c3ccccn3)NC(=S)N2CCN(C)C)n1-c1cccnc1. The second kappa shape index (κ2) is 8.31. The van der Waals surface area contributed by atoms with Gasteiger partial charge in [0, 0.05) is 36.9 Å². The van der Waals surface area contributed by atoms with Gasteiger partial charge in [0.2, 0.25) is 0 Å². The lowest BCUT2D eigenvalue weighted by molar-refractivity contribution is 0.272. The molecule has 1 saturated heterocycles. The first-order chi connectivity index (χ1) is 14.1. The molecule has 6 nitrogen and oxygen atoms in total. The highest BCUT2D eigenvalue weighted by Crippen LogP contribution is 2.39. The van der Waals surface area contributed by atoms with Crippen LogP contribution in [0.2, 0.25) is 0 Å². The molecule has 2 atom stereocenters. The molecule has 4 rings (SSSR count). The number of thiocarbonyl (C=S) groups is 1. The standard InChI is InChI=1S/C22H26N6S/c1-16-9-10-19(28(16)17-7-6-11-23-15-17)21-20(18-8-4-5-12-24-18)25-22(29)27(21)14-13-26(2)3/h4-12,15,20-21H,13-14H2,1-3H3,(H,25,29)/t20-,21+/m0/s1. The van der Waals surface area contributed by atoms with Gasteiger partial charge in [-0.1, -0.05) is 6.07 Å². The fraction of sp³-hybridized carbons (Fsp3) is 0.318. The third-order valence-electron chi connectivity index (χ3n) is 5.30. The first-order valence-corrected chi connectivity index (χ1v) is 10.2. The number of likely N-dealkylation sites (N-methyl/N-ethyl adjacent to an activating group) is 1. The summed E-state index contributed by atoms with van der Waals surface area (Å²) in [6, 6.07) is 14.5. The molecule has 0 unspecified atom stereocenters. The second-order valence-corrected chi connectivity index (χ2v) is 7.96. The summed E-state index contributed by atoms with van der Waals surface area (Å²) in [5, 5.41) is 4.30. The third-order valence-corrected chi connectivity index (χ3v) is 5.65. The fourth-order valence-electron chi connectivity index (χ4n) is 3.90. The van der Waals surface area contributed by atoms with Crippen LogP contribution in [-0.4, -0.2) is 56.6 Å². The molecular weight excluding hydrogens is 380 g/mol. The number of rotatable bonds is 6. The Hall–Kier alpha value is -2.77. The van der Waals surface area contributed by atoms with Gasteiger partial charge in [0.15, 0.2) is 5.11 Å². The number of hydrogen-bond donors (Lipinski definition) is 1. The lowest BCUT2D eigenvalue weighted by Gasteiger charge is -2.30. The van der Waals surface area contributed by atoms with Crippen LogP contribution in [0.5, 0.6) is 0 Å². The van der Waals surface area contributed by atoms with Gasteiger partial charge < -0.3 is 19.7 Å². The van der Waals surface area contributed by atoms with Crippen molar-refractivity contribution >= 4 is 17.3 Å². The van der Waals surface area contributed by atoms with E-state index in [9.17, 15) is 0 Å². The van der Waals surface area contributed by atoms with E-state index in [1.165, 1.54) is 5.69 Å². The number of aryl methyl sites for hydroxylation is 1. The molecule has 29 heavy (non-hydrogen) atoms. The van der Waals surface area contributed by atoms with Crippen LogP contribution >= 0.6 is 12.2 Å². The van der Waals surface area contributed by atoms with E-state index in [1.54, 1.807) is 6.20 Å². The Morgan fingerprint density at radius 2 is 1.97 bits per heavy atom. The molecule has 1 fully saturated rings. The number of hydrogen-bond acceptors (Lipinski definition) is 4. The van der Waals surface area contributed by atoms with Crippen LogP contribution < -0.4 is 5.32 Å². The molecule has 0 spiro atoms. The zero-order valence-electron chi connectivity index (χ0n) is 17.0. The van der Waals surface area contributed by atoms with E-state index in [1.807, 2.05) is 30.6 Å². The lowest BCUT2D eigenvalue weighted by Crippen LogP contribution is -2.36. The predicted octanol–water partition coefficient (Wildman–Crippen LogP) is 3.11. The Kier molecular flexibility index (Phi) is 5.60. The highest BCUT2D eigenvalue weighted by Gasteiger charge is 2.41. The molecule has 1 aliphatic heterocycles. The summed E-state index contributed by atoms with van der Waals surface area (Å²) in [5.74, 6) is 0. The first kappa shape index (κ1) is 19.5. The van der Waals surface area contributed by atoms with Crippen molar-refractivity contribution in [2.45, 2.75) is 19.0 Å². The average Bonchev–Trinajstić information content (AvgIpc) is 3.27. The Morgan fingerprint density at radius 1 is 1.10 bits per heavy atom. The van der Waals surface area contributed by atoms with Gasteiger partial charge in [-0.25, -0.2) is 0 Å². The van der Waals surface area contributed by atoms with Crippen molar-refractivity contribution in [2.75, 3.05) is 27.2 Å². The highest BCUT2D eigenvalue weighted by molar-refractivity contribution is 7.80. The Labute approximate surface area is 177 Å². The third kappa shape index (κ3) is 3.88. The summed E-state index contributed by atoms with van der Waals surface area (Å²) in [6.45, 7) is 3.88. The predicted molar refractivity (Wildman–Crippen MR) is 119 cm³/mol. The first-order valence-electron chi connectivity index (χ1n) is 9.77. The second-order valence-electron chi connectivity index (χ2n) is 7.57. The van der Waals surface area contributed by atoms with Gasteiger partial charge in [0.1, 0.15) is 0 Å². The summed E-state index contributed by atoms with van der Waals surface area (Å²) < 4.78 is 2.27. The summed E-state index contributed by atoms with van der Waals surface area (Å²) >= 11 is 5.76. The van der Waals surface area contributed by atoms with Crippen molar-refractivity contribution in [3.8, 4) is 5.69 Å². The smallest absolute Gasteiger partial charge is 0.170 e. The molecule has 0 radical (unpaired) electrons. The van der Waals surface area contributed by atoms with E-state index in [4.69, 9.17) is 12.2 Å². The molecule has 0 bridgehead atoms. The molecule has 0 amide bonds. The van der Waals surface area contributed by atoms with Crippen LogP contribution in [0.1, 0.15) is 29.2 Å². The van der Waals surface area contributed by atoms with Gasteiger partial charge in [-0.05, 0) is 69.6 Å². The van der Waals surface area contributed by atoms with E-state index in [-0.39, 0.29) is 12.1 Å². The molecule has 0 saturated carbocycles. The highest BCUT2D eigenvalue weighted by atomic mass is 32.1. The van der Waals surface area contributed by atoms with Crippen molar-refractivity contribution in [3.05, 3.63) is 78.1 Å². The van der Waals surface area contributed by atoms with Crippen LogP contribution in [0.15, 0.2) is 61.1 Å². The van der Waals surface area contributed by atoms with Crippen molar-refractivity contribution in [2.24, 2.45) is 0 Å². The molecular formula is C22H26N6S. The summed E-state index contributed by atoms with van der Waals surface area (Å²) in [6.07, 6.45) is 5.54. The number of pyridine rings is 2. The van der Waals surface area contributed by atoms with Gasteiger partial charge in [-0.15, -0.1) is 0 Å². The lowest BCUT2D eigenvalue weighted by atomic mass is 10.0. The van der Waals surface area contributed by atoms with E-state index in [0.29, 0.717) is 0 Å². The Morgan fingerprint density at radius 3 is 2.66 bits per heavy atom. The average molecular weight is 407 g/mol. The molecule has 3 aromatic heterocycles. The van der Waals surface area contributed by atoms with E-state index in [2.05, 4.69) is 74.9 Å². The molecule has 1 aliphatic rings. The van der Waals surface area contributed by atoms with Gasteiger partial charge in [0.05, 0.1) is 29.7 Å². The zero-order valence-corrected chi connectivity index (χ0v) is 17.8. The van der Waals surface area contributed by atoms with Crippen LogP contribution in [0, 0.1) is 6.92 Å². The topological polar surface area (TPSA) is 49.2 Å². The van der Waals surface area contributed by atoms with E-state index in [0.717, 1.165) is 35.3 Å². The number of aromatic nitrogens is 3. The molecule has 0 aromatic carbocycles. The monoisotopic (exact) mass is 406 g/mol. The molecule has 7 heteroatoms. The zero-order chi connectivity index (χ0) is 20.4. The van der Waals surface area contributed by atoms with E-state index < -0.39 is 0 Å². The minimum absolute atomic E-state index is 0.0180. The molecule has 1 N–H and O–H groups in total. The van der Waals surface area contributed by atoms with E-state index >= 15 is 0 Å². The maximum absolute atomic E-state index is 5.76. The quantitative estimate of drug-likeness (QED) is 0.635. The van der Waals surface area contributed by atoms with Crippen LogP contribution in [0.25, 0.3) is 5.69 Å².